The SMILES string of the molecule is CON[C@H]1CCN2C(=O)CCC12OC(C)C. The van der Waals surface area contributed by atoms with Crippen molar-refractivity contribution in [1.29, 1.82) is 0 Å². The van der Waals surface area contributed by atoms with E-state index < -0.39 is 5.72 Å². The van der Waals surface area contributed by atoms with Crippen molar-refractivity contribution in [3.05, 3.63) is 0 Å². The zero-order valence-electron chi connectivity index (χ0n) is 10.2. The highest BCUT2D eigenvalue weighted by atomic mass is 16.6. The molecule has 5 heteroatoms. The van der Waals surface area contributed by atoms with Crippen LogP contribution in [0.25, 0.3) is 0 Å². The van der Waals surface area contributed by atoms with Crippen LogP contribution in [-0.4, -0.2) is 42.3 Å². The Balaban J connectivity index is 2.21. The molecule has 5 nitrogen and oxygen atoms in total. The second-order valence-corrected chi connectivity index (χ2v) is 4.72. The molecule has 1 N–H and O–H groups in total. The zero-order valence-corrected chi connectivity index (χ0v) is 10.2. The van der Waals surface area contributed by atoms with Crippen LogP contribution in [0.5, 0.6) is 0 Å². The Labute approximate surface area is 96.0 Å². The maximum absolute atomic E-state index is 11.8. The van der Waals surface area contributed by atoms with E-state index in [-0.39, 0.29) is 18.1 Å². The fourth-order valence-electron chi connectivity index (χ4n) is 2.83. The van der Waals surface area contributed by atoms with E-state index in [9.17, 15) is 4.79 Å². The van der Waals surface area contributed by atoms with Gasteiger partial charge in [0.2, 0.25) is 5.91 Å². The molecule has 92 valence electrons. The van der Waals surface area contributed by atoms with Crippen LogP contribution in [0.15, 0.2) is 0 Å². The number of amides is 1. The molecule has 0 radical (unpaired) electrons. The predicted octanol–water partition coefficient (Wildman–Crippen LogP) is 0.653. The molecule has 0 aromatic heterocycles. The molecule has 0 saturated carbocycles. The Morgan fingerprint density at radius 2 is 2.31 bits per heavy atom. The van der Waals surface area contributed by atoms with Crippen molar-refractivity contribution in [2.75, 3.05) is 13.7 Å². The van der Waals surface area contributed by atoms with Gasteiger partial charge in [0.15, 0.2) is 5.72 Å². The van der Waals surface area contributed by atoms with Crippen LogP contribution in [0.1, 0.15) is 33.1 Å². The van der Waals surface area contributed by atoms with E-state index >= 15 is 0 Å². The summed E-state index contributed by atoms with van der Waals surface area (Å²) in [5, 5.41) is 0. The van der Waals surface area contributed by atoms with Crippen molar-refractivity contribution in [3.63, 3.8) is 0 Å². The summed E-state index contributed by atoms with van der Waals surface area (Å²) in [7, 11) is 1.60. The minimum Gasteiger partial charge on any atom is -0.351 e. The maximum atomic E-state index is 11.8. The molecule has 0 spiro atoms. The molecule has 0 aliphatic carbocycles. The van der Waals surface area contributed by atoms with Gasteiger partial charge in [-0.2, -0.15) is 5.48 Å². The third kappa shape index (κ3) is 1.73. The van der Waals surface area contributed by atoms with E-state index in [4.69, 9.17) is 9.57 Å². The third-order valence-corrected chi connectivity index (χ3v) is 3.34. The quantitative estimate of drug-likeness (QED) is 0.718. The number of fused-ring (bicyclic) bond motifs is 1. The number of ether oxygens (including phenoxy) is 1. The van der Waals surface area contributed by atoms with Gasteiger partial charge in [0.05, 0.1) is 19.3 Å². The number of hydroxylamine groups is 1. The lowest BCUT2D eigenvalue weighted by molar-refractivity contribution is -0.177. The van der Waals surface area contributed by atoms with Gasteiger partial charge in [0.1, 0.15) is 0 Å². The van der Waals surface area contributed by atoms with Crippen molar-refractivity contribution in [3.8, 4) is 0 Å². The Morgan fingerprint density at radius 1 is 1.56 bits per heavy atom. The lowest BCUT2D eigenvalue weighted by Gasteiger charge is -2.38. The molecule has 2 fully saturated rings. The van der Waals surface area contributed by atoms with Gasteiger partial charge in [-0.15, -0.1) is 0 Å². The van der Waals surface area contributed by atoms with Crippen LogP contribution in [-0.2, 0) is 14.4 Å². The number of hydrogen-bond donors (Lipinski definition) is 1. The summed E-state index contributed by atoms with van der Waals surface area (Å²) in [5.74, 6) is 0.195. The van der Waals surface area contributed by atoms with Crippen LogP contribution in [0, 0.1) is 0 Å². The number of nitrogens with one attached hydrogen (secondary N) is 1. The van der Waals surface area contributed by atoms with E-state index in [1.807, 2.05) is 18.7 Å². The minimum atomic E-state index is -0.485. The first-order valence-corrected chi connectivity index (χ1v) is 5.87. The van der Waals surface area contributed by atoms with Gasteiger partial charge in [0.25, 0.3) is 0 Å². The molecular formula is C11H20N2O3. The predicted molar refractivity (Wildman–Crippen MR) is 58.4 cm³/mol. The normalized spacial score (nSPS) is 33.9. The smallest absolute Gasteiger partial charge is 0.225 e. The Morgan fingerprint density at radius 3 is 2.94 bits per heavy atom. The molecule has 0 aromatic carbocycles. The molecule has 1 unspecified atom stereocenters. The van der Waals surface area contributed by atoms with Gasteiger partial charge in [-0.05, 0) is 20.3 Å². The molecule has 2 atom stereocenters. The van der Waals surface area contributed by atoms with Gasteiger partial charge >= 0.3 is 0 Å². The lowest BCUT2D eigenvalue weighted by Crippen LogP contribution is -2.55. The zero-order chi connectivity index (χ0) is 11.8. The summed E-state index contributed by atoms with van der Waals surface area (Å²) in [4.78, 5) is 18.6. The first-order chi connectivity index (χ1) is 7.60. The van der Waals surface area contributed by atoms with E-state index in [1.165, 1.54) is 0 Å². The number of carbonyl (C=O) groups is 1. The van der Waals surface area contributed by atoms with Gasteiger partial charge < -0.3 is 14.5 Å². The lowest BCUT2D eigenvalue weighted by atomic mass is 10.0. The van der Waals surface area contributed by atoms with E-state index in [2.05, 4.69) is 5.48 Å². The summed E-state index contributed by atoms with van der Waals surface area (Å²) < 4.78 is 6.02. The van der Waals surface area contributed by atoms with Crippen LogP contribution >= 0.6 is 0 Å². The summed E-state index contributed by atoms with van der Waals surface area (Å²) in [6.45, 7) is 4.75. The summed E-state index contributed by atoms with van der Waals surface area (Å²) >= 11 is 0. The molecule has 0 aromatic rings. The van der Waals surface area contributed by atoms with Crippen molar-refractivity contribution in [1.82, 2.24) is 10.4 Å². The fraction of sp³-hybridized carbons (Fsp3) is 0.909. The van der Waals surface area contributed by atoms with Crippen molar-refractivity contribution in [2.45, 2.75) is 51.0 Å². The highest BCUT2D eigenvalue weighted by molar-refractivity contribution is 5.80. The van der Waals surface area contributed by atoms with Gasteiger partial charge in [0, 0.05) is 19.4 Å². The average Bonchev–Trinajstić information content (AvgIpc) is 2.68. The summed E-state index contributed by atoms with van der Waals surface area (Å²) in [6.07, 6.45) is 2.32. The van der Waals surface area contributed by atoms with Crippen molar-refractivity contribution >= 4 is 5.91 Å². The molecule has 1 amide bonds. The molecule has 2 aliphatic heterocycles. The molecule has 2 heterocycles. The van der Waals surface area contributed by atoms with Gasteiger partial charge in [-0.1, -0.05) is 0 Å². The number of carbonyl (C=O) groups excluding carboxylic acids is 1. The monoisotopic (exact) mass is 228 g/mol. The Hall–Kier alpha value is -0.650. The number of hydrogen-bond acceptors (Lipinski definition) is 4. The van der Waals surface area contributed by atoms with Crippen molar-refractivity contribution in [2.24, 2.45) is 0 Å². The van der Waals surface area contributed by atoms with Crippen LogP contribution in [0.4, 0.5) is 0 Å². The van der Waals surface area contributed by atoms with Gasteiger partial charge in [-0.25, -0.2) is 0 Å². The molecule has 2 rings (SSSR count). The number of nitrogens with zero attached hydrogens (tertiary/aromatic N) is 1. The van der Waals surface area contributed by atoms with Crippen LogP contribution < -0.4 is 5.48 Å². The highest BCUT2D eigenvalue weighted by Crippen LogP contribution is 2.41. The van der Waals surface area contributed by atoms with Crippen LogP contribution in [0.3, 0.4) is 0 Å². The second kappa shape index (κ2) is 4.31. The van der Waals surface area contributed by atoms with Gasteiger partial charge in [-0.3, -0.25) is 4.79 Å². The fourth-order valence-corrected chi connectivity index (χ4v) is 2.83. The topological polar surface area (TPSA) is 50.8 Å². The minimum absolute atomic E-state index is 0.0753. The molecule has 0 bridgehead atoms. The molecule has 2 saturated heterocycles. The maximum Gasteiger partial charge on any atom is 0.225 e. The average molecular weight is 228 g/mol. The molecular weight excluding hydrogens is 208 g/mol. The largest absolute Gasteiger partial charge is 0.351 e. The Bertz CT molecular complexity index is 282. The van der Waals surface area contributed by atoms with E-state index in [0.29, 0.717) is 6.42 Å². The Kier molecular flexibility index (Phi) is 3.19. The first kappa shape index (κ1) is 11.8. The standard InChI is InChI=1S/C11H20N2O3/c1-8(2)16-11-6-4-10(14)13(11)7-5-9(11)12-15-3/h8-9,12H,4-7H2,1-3H3/t9-,11?/m0/s1. The summed E-state index contributed by atoms with van der Waals surface area (Å²) in [6, 6.07) is 0.0753. The summed E-state index contributed by atoms with van der Waals surface area (Å²) in [5.41, 5.74) is 2.48. The van der Waals surface area contributed by atoms with Crippen LogP contribution in [0.2, 0.25) is 0 Å². The molecule has 2 aliphatic rings. The van der Waals surface area contributed by atoms with Crippen molar-refractivity contribution < 1.29 is 14.4 Å². The number of rotatable bonds is 4. The second-order valence-electron chi connectivity index (χ2n) is 4.72. The van der Waals surface area contributed by atoms with E-state index in [1.54, 1.807) is 7.11 Å². The first-order valence-electron chi connectivity index (χ1n) is 5.87. The van der Waals surface area contributed by atoms with E-state index in [0.717, 1.165) is 19.4 Å². The third-order valence-electron chi connectivity index (χ3n) is 3.34. The highest BCUT2D eigenvalue weighted by Gasteiger charge is 2.56. The molecule has 16 heavy (non-hydrogen) atoms.